The topological polar surface area (TPSA) is 56.9 Å². The predicted octanol–water partition coefficient (Wildman–Crippen LogP) is 8.53. The maximum Gasteiger partial charge on any atom is 0.123 e. The van der Waals surface area contributed by atoms with Crippen LogP contribution in [0.3, 0.4) is 0 Å². The van der Waals surface area contributed by atoms with E-state index in [0.29, 0.717) is 17.8 Å². The molecular weight excluding hydrogens is 428 g/mol. The van der Waals surface area contributed by atoms with Crippen molar-refractivity contribution in [2.45, 2.75) is 72.6 Å². The summed E-state index contributed by atoms with van der Waals surface area (Å²) in [6.07, 6.45) is 0.396. The van der Waals surface area contributed by atoms with E-state index in [1.807, 2.05) is 0 Å². The summed E-state index contributed by atoms with van der Waals surface area (Å²) in [5, 5.41) is 16.6. The van der Waals surface area contributed by atoms with Crippen LogP contribution < -0.4 is 4.74 Å². The van der Waals surface area contributed by atoms with E-state index in [1.54, 1.807) is 14.0 Å². The first-order valence-electron chi connectivity index (χ1n) is 12.3. The van der Waals surface area contributed by atoms with Crippen LogP contribution in [0.15, 0.2) is 54.6 Å². The molecule has 0 saturated heterocycles. The molecule has 0 aliphatic rings. The maximum atomic E-state index is 8.54. The van der Waals surface area contributed by atoms with Gasteiger partial charge in [0, 0.05) is 12.1 Å². The van der Waals surface area contributed by atoms with E-state index < -0.39 is 0 Å². The molecule has 35 heavy (non-hydrogen) atoms. The van der Waals surface area contributed by atoms with Crippen LogP contribution in [0, 0.1) is 17.7 Å². The monoisotopic (exact) mass is 468 g/mol. The van der Waals surface area contributed by atoms with Crippen molar-refractivity contribution in [3.05, 3.63) is 76.9 Å². The van der Waals surface area contributed by atoms with E-state index in [0.717, 1.165) is 39.1 Å². The molecule has 184 valence electrons. The highest BCUT2D eigenvalue weighted by atomic mass is 16.5. The summed E-state index contributed by atoms with van der Waals surface area (Å²) >= 11 is 0. The largest absolute Gasteiger partial charge is 0.496 e. The molecule has 0 fully saturated rings. The Kier molecular flexibility index (Phi) is 7.40. The first kappa shape index (κ1) is 26.4. The summed E-state index contributed by atoms with van der Waals surface area (Å²) in [7, 11) is 1.71. The first-order valence-corrected chi connectivity index (χ1v) is 12.3. The van der Waals surface area contributed by atoms with Crippen molar-refractivity contribution in [1.29, 1.82) is 10.8 Å². The van der Waals surface area contributed by atoms with Crippen molar-refractivity contribution in [2.24, 2.45) is 0 Å². The van der Waals surface area contributed by atoms with Crippen LogP contribution in [0.4, 0.5) is 0 Å². The average molecular weight is 469 g/mol. The predicted molar refractivity (Wildman–Crippen MR) is 151 cm³/mol. The molecule has 3 rings (SSSR count). The fourth-order valence-electron chi connectivity index (χ4n) is 4.45. The second-order valence-corrected chi connectivity index (χ2v) is 11.5. The molecule has 3 heteroatoms. The van der Waals surface area contributed by atoms with Gasteiger partial charge in [-0.15, -0.1) is 0 Å². The number of hydrogen-bond acceptors (Lipinski definition) is 3. The minimum Gasteiger partial charge on any atom is -0.496 e. The first-order chi connectivity index (χ1) is 16.2. The standard InChI is InChI=1S/C32H40N2O/c1-20-29(35-9)19-26(22-10-14-24(15-11-22)31(3,4)5)27(18-28(34)21(2)33)30(20)23-12-16-25(17-13-23)32(6,7)8/h10-17,19,33-34H,18H2,1-9H3. The minimum atomic E-state index is 0.0736. The molecule has 0 bridgehead atoms. The van der Waals surface area contributed by atoms with Crippen molar-refractivity contribution in [3.8, 4) is 28.0 Å². The highest BCUT2D eigenvalue weighted by molar-refractivity contribution is 6.39. The van der Waals surface area contributed by atoms with Gasteiger partial charge >= 0.3 is 0 Å². The lowest BCUT2D eigenvalue weighted by atomic mass is 9.82. The maximum absolute atomic E-state index is 8.54. The lowest BCUT2D eigenvalue weighted by Gasteiger charge is -2.23. The SMILES string of the molecule is COc1cc(-c2ccc(C(C)(C)C)cc2)c(CC(=N)C(C)=N)c(-c2ccc(C(C)(C)C)cc2)c1C. The van der Waals surface area contributed by atoms with Gasteiger partial charge in [-0.2, -0.15) is 0 Å². The number of benzene rings is 3. The molecule has 0 saturated carbocycles. The Morgan fingerprint density at radius 2 is 1.23 bits per heavy atom. The van der Waals surface area contributed by atoms with Crippen LogP contribution >= 0.6 is 0 Å². The summed E-state index contributed by atoms with van der Waals surface area (Å²) in [5.74, 6) is 0.830. The van der Waals surface area contributed by atoms with E-state index in [1.165, 1.54) is 11.1 Å². The second-order valence-electron chi connectivity index (χ2n) is 11.5. The fraction of sp³-hybridized carbons (Fsp3) is 0.375. The number of nitrogens with one attached hydrogen (secondary N) is 2. The third kappa shape index (κ3) is 5.73. The number of rotatable bonds is 6. The zero-order valence-electron chi connectivity index (χ0n) is 22.8. The van der Waals surface area contributed by atoms with Gasteiger partial charge in [0.15, 0.2) is 0 Å². The summed E-state index contributed by atoms with van der Waals surface area (Å²) in [5.41, 5.74) is 9.78. The van der Waals surface area contributed by atoms with Gasteiger partial charge in [-0.1, -0.05) is 90.1 Å². The number of ether oxygens (including phenoxy) is 1. The van der Waals surface area contributed by atoms with Gasteiger partial charge in [0.25, 0.3) is 0 Å². The zero-order valence-corrected chi connectivity index (χ0v) is 22.8. The van der Waals surface area contributed by atoms with Crippen LogP contribution in [-0.2, 0) is 17.3 Å². The Morgan fingerprint density at radius 3 is 1.63 bits per heavy atom. The fourth-order valence-corrected chi connectivity index (χ4v) is 4.45. The lowest BCUT2D eigenvalue weighted by Crippen LogP contribution is -2.14. The third-order valence-corrected chi connectivity index (χ3v) is 6.77. The number of methoxy groups -OCH3 is 1. The molecule has 0 unspecified atom stereocenters. The molecule has 3 nitrogen and oxygen atoms in total. The van der Waals surface area contributed by atoms with E-state index in [-0.39, 0.29) is 10.8 Å². The summed E-state index contributed by atoms with van der Waals surface area (Å²) in [4.78, 5) is 0. The van der Waals surface area contributed by atoms with Crippen LogP contribution in [0.1, 0.15) is 70.7 Å². The summed E-state index contributed by atoms with van der Waals surface area (Å²) < 4.78 is 5.84. The molecular formula is C32H40N2O. The highest BCUT2D eigenvalue weighted by Gasteiger charge is 2.22. The van der Waals surface area contributed by atoms with Crippen molar-refractivity contribution in [2.75, 3.05) is 7.11 Å². The van der Waals surface area contributed by atoms with E-state index >= 15 is 0 Å². The summed E-state index contributed by atoms with van der Waals surface area (Å²) in [6.45, 7) is 17.1. The smallest absolute Gasteiger partial charge is 0.123 e. The highest BCUT2D eigenvalue weighted by Crippen LogP contribution is 2.41. The van der Waals surface area contributed by atoms with Crippen molar-refractivity contribution < 1.29 is 4.74 Å². The van der Waals surface area contributed by atoms with Gasteiger partial charge in [-0.05, 0) is 75.3 Å². The lowest BCUT2D eigenvalue weighted by molar-refractivity contribution is 0.412. The average Bonchev–Trinajstić information content (AvgIpc) is 2.78. The van der Waals surface area contributed by atoms with Gasteiger partial charge < -0.3 is 15.6 Å². The Labute approximate surface area is 211 Å². The van der Waals surface area contributed by atoms with Crippen LogP contribution in [0.2, 0.25) is 0 Å². The Morgan fingerprint density at radius 1 is 0.771 bits per heavy atom. The zero-order chi connectivity index (χ0) is 26.1. The molecule has 3 aromatic rings. The normalized spacial score (nSPS) is 11.9. The Balaban J connectivity index is 2.31. The van der Waals surface area contributed by atoms with Crippen molar-refractivity contribution in [3.63, 3.8) is 0 Å². The van der Waals surface area contributed by atoms with Gasteiger partial charge in [0.2, 0.25) is 0 Å². The Bertz CT molecular complexity index is 1240. The minimum absolute atomic E-state index is 0.0736. The molecule has 0 radical (unpaired) electrons. The van der Waals surface area contributed by atoms with Crippen LogP contribution in [0.25, 0.3) is 22.3 Å². The van der Waals surface area contributed by atoms with Crippen LogP contribution in [-0.4, -0.2) is 18.5 Å². The van der Waals surface area contributed by atoms with Gasteiger partial charge in [-0.25, -0.2) is 0 Å². The molecule has 3 aromatic carbocycles. The second kappa shape index (κ2) is 9.81. The number of hydrogen-bond donors (Lipinski definition) is 2. The van der Waals surface area contributed by atoms with E-state index in [4.69, 9.17) is 15.6 Å². The molecule has 0 aromatic heterocycles. The van der Waals surface area contributed by atoms with Gasteiger partial charge in [0.1, 0.15) is 5.75 Å². The third-order valence-electron chi connectivity index (χ3n) is 6.77. The molecule has 0 aliphatic heterocycles. The van der Waals surface area contributed by atoms with E-state index in [2.05, 4.69) is 103 Å². The molecule has 0 atom stereocenters. The van der Waals surface area contributed by atoms with Crippen LogP contribution in [0.5, 0.6) is 5.75 Å². The van der Waals surface area contributed by atoms with Crippen molar-refractivity contribution >= 4 is 11.4 Å². The molecule has 0 amide bonds. The molecule has 0 aliphatic carbocycles. The van der Waals surface area contributed by atoms with Gasteiger partial charge in [-0.3, -0.25) is 0 Å². The molecule has 2 N–H and O–H groups in total. The quantitative estimate of drug-likeness (QED) is 0.350. The molecule has 0 spiro atoms. The molecule has 0 heterocycles. The Hall–Kier alpha value is -3.20. The van der Waals surface area contributed by atoms with E-state index in [9.17, 15) is 0 Å². The van der Waals surface area contributed by atoms with Crippen molar-refractivity contribution in [1.82, 2.24) is 0 Å². The summed E-state index contributed by atoms with van der Waals surface area (Å²) in [6, 6.07) is 19.6. The van der Waals surface area contributed by atoms with Gasteiger partial charge in [0.05, 0.1) is 12.8 Å².